The predicted molar refractivity (Wildman–Crippen MR) is 52.2 cm³/mol. The highest BCUT2D eigenvalue weighted by Gasteiger charge is 2.13. The molecule has 0 aromatic carbocycles. The molecule has 1 nitrogen and oxygen atoms in total. The summed E-state index contributed by atoms with van der Waals surface area (Å²) in [4.78, 5) is 2.61. The fourth-order valence-electron chi connectivity index (χ4n) is 1.99. The van der Waals surface area contributed by atoms with Crippen LogP contribution in [0.25, 0.3) is 0 Å². The molecule has 1 heterocycles. The Bertz CT molecular complexity index is 100. The summed E-state index contributed by atoms with van der Waals surface area (Å²) in [5, 5.41) is 0. The first-order chi connectivity index (χ1) is 5.33. The number of nitrogens with zero attached hydrogens (tertiary/aromatic N) is 1. The van der Waals surface area contributed by atoms with Gasteiger partial charge in [-0.05, 0) is 38.3 Å². The Morgan fingerprint density at radius 2 is 1.83 bits per heavy atom. The second-order valence-corrected chi connectivity index (χ2v) is 3.90. The lowest BCUT2D eigenvalue weighted by molar-refractivity contribution is 0.279. The van der Waals surface area contributed by atoms with E-state index >= 15 is 0 Å². The topological polar surface area (TPSA) is 3.24 Å². The molecular weight excluding hydrogens is 153 g/mol. The molecule has 0 saturated carbocycles. The van der Waals surface area contributed by atoms with Gasteiger partial charge in [0.25, 0.3) is 0 Å². The number of rotatable bonds is 4. The first-order valence-electron chi connectivity index (χ1n) is 5.05. The van der Waals surface area contributed by atoms with Gasteiger partial charge in [0.15, 0.2) is 0 Å². The third-order valence-corrected chi connectivity index (χ3v) is 2.55. The van der Waals surface area contributed by atoms with E-state index in [-0.39, 0.29) is 4.70 Å². The van der Waals surface area contributed by atoms with Gasteiger partial charge in [-0.25, -0.2) is 0 Å². The molecule has 1 aliphatic rings. The smallest absolute Gasteiger partial charge is 0.000702 e. The molecule has 1 fully saturated rings. The van der Waals surface area contributed by atoms with Crippen LogP contribution < -0.4 is 0 Å². The third-order valence-electron chi connectivity index (χ3n) is 2.55. The van der Waals surface area contributed by atoms with E-state index in [1.54, 1.807) is 0 Å². The molecule has 1 rings (SSSR count). The SMILES string of the molecule is CCCC(C)CN1CCCC1.F. The lowest BCUT2D eigenvalue weighted by Crippen LogP contribution is -2.25. The molecular formula is C10H22FN. The largest absolute Gasteiger partial charge is 0.303 e. The summed E-state index contributed by atoms with van der Waals surface area (Å²) >= 11 is 0. The third kappa shape index (κ3) is 4.05. The van der Waals surface area contributed by atoms with Crippen molar-refractivity contribution in [3.8, 4) is 0 Å². The fraction of sp³-hybridized carbons (Fsp3) is 1.00. The number of likely N-dealkylation sites (tertiary alicyclic amines) is 1. The first-order valence-corrected chi connectivity index (χ1v) is 5.05. The molecule has 0 aliphatic carbocycles. The molecule has 2 heteroatoms. The van der Waals surface area contributed by atoms with Crippen LogP contribution in [0.1, 0.15) is 39.5 Å². The molecule has 0 spiro atoms. The Labute approximate surface area is 75.5 Å². The van der Waals surface area contributed by atoms with Gasteiger partial charge in [0.1, 0.15) is 0 Å². The standard InChI is InChI=1S/C10H21N.FH/c1-3-6-10(2)9-11-7-4-5-8-11;/h10H,3-9H2,1-2H3;1H. The van der Waals surface area contributed by atoms with Gasteiger partial charge in [-0.15, -0.1) is 0 Å². The zero-order chi connectivity index (χ0) is 8.10. The van der Waals surface area contributed by atoms with Gasteiger partial charge in [-0.2, -0.15) is 0 Å². The maximum Gasteiger partial charge on any atom is 0.000702 e. The Hall–Kier alpha value is -0.110. The van der Waals surface area contributed by atoms with E-state index in [2.05, 4.69) is 18.7 Å². The Kier molecular flexibility index (Phi) is 6.35. The average molecular weight is 175 g/mol. The van der Waals surface area contributed by atoms with Crippen molar-refractivity contribution in [1.29, 1.82) is 0 Å². The van der Waals surface area contributed by atoms with Crippen LogP contribution in [0.5, 0.6) is 0 Å². The Morgan fingerprint density at radius 1 is 1.25 bits per heavy atom. The lowest BCUT2D eigenvalue weighted by atomic mass is 10.1. The van der Waals surface area contributed by atoms with Crippen LogP contribution in [0, 0.1) is 5.92 Å². The summed E-state index contributed by atoms with van der Waals surface area (Å²) in [7, 11) is 0. The molecule has 0 amide bonds. The van der Waals surface area contributed by atoms with Crippen molar-refractivity contribution in [2.24, 2.45) is 5.92 Å². The lowest BCUT2D eigenvalue weighted by Gasteiger charge is -2.19. The van der Waals surface area contributed by atoms with E-state index in [1.165, 1.54) is 45.3 Å². The van der Waals surface area contributed by atoms with Crippen LogP contribution >= 0.6 is 0 Å². The monoisotopic (exact) mass is 175 g/mol. The van der Waals surface area contributed by atoms with E-state index in [4.69, 9.17) is 0 Å². The minimum atomic E-state index is 0. The van der Waals surface area contributed by atoms with E-state index in [1.807, 2.05) is 0 Å². The van der Waals surface area contributed by atoms with Gasteiger partial charge in [0.05, 0.1) is 0 Å². The van der Waals surface area contributed by atoms with Gasteiger partial charge in [-0.3, -0.25) is 4.70 Å². The van der Waals surface area contributed by atoms with Crippen LogP contribution in [-0.2, 0) is 0 Å². The van der Waals surface area contributed by atoms with Gasteiger partial charge >= 0.3 is 0 Å². The highest BCUT2D eigenvalue weighted by atomic mass is 19.0. The molecule has 1 saturated heterocycles. The molecule has 0 aromatic heterocycles. The van der Waals surface area contributed by atoms with Crippen molar-refractivity contribution >= 4 is 0 Å². The van der Waals surface area contributed by atoms with Crippen molar-refractivity contribution in [1.82, 2.24) is 4.90 Å². The van der Waals surface area contributed by atoms with Crippen molar-refractivity contribution in [3.63, 3.8) is 0 Å². The van der Waals surface area contributed by atoms with Gasteiger partial charge < -0.3 is 4.90 Å². The van der Waals surface area contributed by atoms with Gasteiger partial charge in [0, 0.05) is 6.54 Å². The highest BCUT2D eigenvalue weighted by molar-refractivity contribution is 4.68. The molecule has 0 N–H and O–H groups in total. The summed E-state index contributed by atoms with van der Waals surface area (Å²) in [6.45, 7) is 8.71. The van der Waals surface area contributed by atoms with E-state index in [9.17, 15) is 0 Å². The first kappa shape index (κ1) is 11.9. The second kappa shape index (κ2) is 6.41. The molecule has 1 aliphatic heterocycles. The number of hydrogen-bond donors (Lipinski definition) is 0. The summed E-state index contributed by atoms with van der Waals surface area (Å²) < 4.78 is 0. The molecule has 12 heavy (non-hydrogen) atoms. The Morgan fingerprint density at radius 3 is 2.33 bits per heavy atom. The number of hydrogen-bond acceptors (Lipinski definition) is 1. The van der Waals surface area contributed by atoms with Crippen LogP contribution in [-0.4, -0.2) is 24.5 Å². The van der Waals surface area contributed by atoms with E-state index in [0.717, 1.165) is 5.92 Å². The summed E-state index contributed by atoms with van der Waals surface area (Å²) in [6, 6.07) is 0. The minimum absolute atomic E-state index is 0. The van der Waals surface area contributed by atoms with Crippen LogP contribution in [0.4, 0.5) is 4.70 Å². The zero-order valence-corrected chi connectivity index (χ0v) is 8.38. The maximum atomic E-state index is 2.61. The van der Waals surface area contributed by atoms with Crippen molar-refractivity contribution < 1.29 is 4.70 Å². The van der Waals surface area contributed by atoms with Gasteiger partial charge in [0.2, 0.25) is 0 Å². The van der Waals surface area contributed by atoms with Crippen molar-refractivity contribution in [3.05, 3.63) is 0 Å². The Balaban J connectivity index is 0.00000121. The molecule has 0 radical (unpaired) electrons. The average Bonchev–Trinajstić information content (AvgIpc) is 2.40. The molecule has 1 atom stereocenters. The summed E-state index contributed by atoms with van der Waals surface area (Å²) in [6.07, 6.45) is 5.60. The molecule has 74 valence electrons. The van der Waals surface area contributed by atoms with E-state index in [0.29, 0.717) is 0 Å². The maximum absolute atomic E-state index is 2.61. The molecule has 0 bridgehead atoms. The predicted octanol–water partition coefficient (Wildman–Crippen LogP) is 2.67. The molecule has 1 unspecified atom stereocenters. The normalized spacial score (nSPS) is 20.5. The zero-order valence-electron chi connectivity index (χ0n) is 8.38. The fourth-order valence-corrected chi connectivity index (χ4v) is 1.99. The number of halogens is 1. The van der Waals surface area contributed by atoms with Crippen LogP contribution in [0.2, 0.25) is 0 Å². The van der Waals surface area contributed by atoms with Crippen LogP contribution in [0.3, 0.4) is 0 Å². The van der Waals surface area contributed by atoms with Crippen LogP contribution in [0.15, 0.2) is 0 Å². The summed E-state index contributed by atoms with van der Waals surface area (Å²) in [5.41, 5.74) is 0. The summed E-state index contributed by atoms with van der Waals surface area (Å²) in [5.74, 6) is 0.915. The van der Waals surface area contributed by atoms with Crippen molar-refractivity contribution in [2.75, 3.05) is 19.6 Å². The second-order valence-electron chi connectivity index (χ2n) is 3.90. The minimum Gasteiger partial charge on any atom is -0.303 e. The quantitative estimate of drug-likeness (QED) is 0.635. The molecule has 0 aromatic rings. The van der Waals surface area contributed by atoms with E-state index < -0.39 is 0 Å². The van der Waals surface area contributed by atoms with Gasteiger partial charge in [-0.1, -0.05) is 20.3 Å². The van der Waals surface area contributed by atoms with Crippen molar-refractivity contribution in [2.45, 2.75) is 39.5 Å². The highest BCUT2D eigenvalue weighted by Crippen LogP contribution is 2.12.